The van der Waals surface area contributed by atoms with Gasteiger partial charge in [0.05, 0.1) is 5.69 Å². The molecule has 0 aromatic carbocycles. The predicted octanol–water partition coefficient (Wildman–Crippen LogP) is 3.97. The van der Waals surface area contributed by atoms with Gasteiger partial charge in [-0.05, 0) is 33.2 Å². The minimum Gasteiger partial charge on any atom is -0.337 e. The summed E-state index contributed by atoms with van der Waals surface area (Å²) in [6.07, 6.45) is -4.22. The molecular weight excluding hydrogens is 299 g/mol. The van der Waals surface area contributed by atoms with E-state index < -0.39 is 12.7 Å². The maximum absolute atomic E-state index is 12.7. The third-order valence-corrected chi connectivity index (χ3v) is 4.13. The van der Waals surface area contributed by atoms with Gasteiger partial charge in [0.2, 0.25) is 0 Å². The third-order valence-electron chi connectivity index (χ3n) is 2.94. The summed E-state index contributed by atoms with van der Waals surface area (Å²) in [5, 5.41) is 3.75. The number of hydrogen-bond acceptors (Lipinski definition) is 4. The van der Waals surface area contributed by atoms with Crippen molar-refractivity contribution in [3.05, 3.63) is 10.6 Å². The first-order chi connectivity index (χ1) is 9.60. The lowest BCUT2D eigenvalue weighted by atomic mass is 10.2. The smallest absolute Gasteiger partial charge is 0.337 e. The van der Waals surface area contributed by atoms with E-state index in [9.17, 15) is 13.2 Å². The highest BCUT2D eigenvalue weighted by atomic mass is 32.1. The van der Waals surface area contributed by atoms with Crippen molar-refractivity contribution < 1.29 is 13.2 Å². The second-order valence-electron chi connectivity index (χ2n) is 5.87. The molecule has 0 spiro atoms. The number of hydrogen-bond donors (Lipinski definition) is 1. The largest absolute Gasteiger partial charge is 0.406 e. The van der Waals surface area contributed by atoms with Crippen LogP contribution in [0.2, 0.25) is 0 Å². The zero-order chi connectivity index (χ0) is 16.2. The number of aryl methyl sites for hydroxylation is 1. The summed E-state index contributed by atoms with van der Waals surface area (Å²) in [7, 11) is 0. The average Bonchev–Trinajstić information content (AvgIpc) is 2.66. The highest BCUT2D eigenvalue weighted by molar-refractivity contribution is 7.15. The van der Waals surface area contributed by atoms with Crippen LogP contribution in [-0.4, -0.2) is 30.3 Å². The molecule has 0 fully saturated rings. The Balaban J connectivity index is 2.81. The first-order valence-electron chi connectivity index (χ1n) is 7.10. The summed E-state index contributed by atoms with van der Waals surface area (Å²) in [5.74, 6) is 0.537. The Morgan fingerprint density at radius 1 is 1.24 bits per heavy atom. The molecule has 1 aromatic heterocycles. The molecule has 1 heterocycles. The first-order valence-corrected chi connectivity index (χ1v) is 7.92. The molecule has 7 heteroatoms. The zero-order valence-electron chi connectivity index (χ0n) is 13.2. The molecule has 0 saturated carbocycles. The molecule has 122 valence electrons. The Kier molecular flexibility index (Phi) is 6.46. The van der Waals surface area contributed by atoms with Gasteiger partial charge < -0.3 is 10.2 Å². The highest BCUT2D eigenvalue weighted by Gasteiger charge is 2.33. The molecular formula is C14H24F3N3S. The summed E-state index contributed by atoms with van der Waals surface area (Å²) < 4.78 is 38.0. The van der Waals surface area contributed by atoms with Crippen molar-refractivity contribution in [1.82, 2.24) is 10.3 Å². The number of halogens is 3. The van der Waals surface area contributed by atoms with Crippen molar-refractivity contribution in [2.75, 3.05) is 18.0 Å². The van der Waals surface area contributed by atoms with E-state index in [1.54, 1.807) is 13.8 Å². The summed E-state index contributed by atoms with van der Waals surface area (Å²) in [4.78, 5) is 6.63. The van der Waals surface area contributed by atoms with Crippen LogP contribution in [0.5, 0.6) is 0 Å². The van der Waals surface area contributed by atoms with Gasteiger partial charge in [0.25, 0.3) is 0 Å². The van der Waals surface area contributed by atoms with Gasteiger partial charge >= 0.3 is 6.18 Å². The van der Waals surface area contributed by atoms with Gasteiger partial charge in [0.1, 0.15) is 6.54 Å². The summed E-state index contributed by atoms with van der Waals surface area (Å²) >= 11 is 1.34. The molecule has 3 nitrogen and oxygen atoms in total. The summed E-state index contributed by atoms with van der Waals surface area (Å²) in [6.45, 7) is 10.1. The van der Waals surface area contributed by atoms with Crippen LogP contribution in [0.4, 0.5) is 18.3 Å². The Hall–Kier alpha value is -0.820. The standard InChI is InChI=1S/C14H24F3N3S/c1-9(2)6-18-7-12-11(5)19-13(21-12)20(10(3)4)8-14(15,16)17/h9-10,18H,6-8H2,1-5H3. The number of nitrogens with zero attached hydrogens (tertiary/aromatic N) is 2. The summed E-state index contributed by atoms with van der Waals surface area (Å²) in [6, 6.07) is -0.242. The van der Waals surface area contributed by atoms with Crippen molar-refractivity contribution in [3.63, 3.8) is 0 Å². The fraction of sp³-hybridized carbons (Fsp3) is 0.786. The van der Waals surface area contributed by atoms with Crippen LogP contribution >= 0.6 is 11.3 Å². The van der Waals surface area contributed by atoms with E-state index in [4.69, 9.17) is 0 Å². The third kappa shape index (κ3) is 6.22. The fourth-order valence-corrected chi connectivity index (χ4v) is 3.00. The van der Waals surface area contributed by atoms with E-state index in [2.05, 4.69) is 24.1 Å². The molecule has 0 aliphatic rings. The van der Waals surface area contributed by atoms with E-state index in [0.717, 1.165) is 17.1 Å². The number of nitrogens with one attached hydrogen (secondary N) is 1. The van der Waals surface area contributed by atoms with Crippen LogP contribution in [0.15, 0.2) is 0 Å². The topological polar surface area (TPSA) is 28.2 Å². The van der Waals surface area contributed by atoms with Gasteiger partial charge in [-0.25, -0.2) is 4.98 Å². The monoisotopic (exact) mass is 323 g/mol. The molecule has 0 amide bonds. The maximum atomic E-state index is 12.7. The van der Waals surface area contributed by atoms with Gasteiger partial charge in [-0.3, -0.25) is 0 Å². The molecule has 0 aliphatic heterocycles. The van der Waals surface area contributed by atoms with Gasteiger partial charge in [-0.1, -0.05) is 13.8 Å². The van der Waals surface area contributed by atoms with Crippen LogP contribution in [0, 0.1) is 12.8 Å². The number of alkyl halides is 3. The molecule has 0 saturated heterocycles. The van der Waals surface area contributed by atoms with Crippen LogP contribution in [0.3, 0.4) is 0 Å². The molecule has 1 aromatic rings. The van der Waals surface area contributed by atoms with E-state index in [-0.39, 0.29) is 6.04 Å². The van der Waals surface area contributed by atoms with Crippen molar-refractivity contribution in [2.24, 2.45) is 5.92 Å². The zero-order valence-corrected chi connectivity index (χ0v) is 14.0. The Bertz CT molecular complexity index is 441. The van der Waals surface area contributed by atoms with Crippen LogP contribution in [-0.2, 0) is 6.54 Å². The molecule has 1 N–H and O–H groups in total. The highest BCUT2D eigenvalue weighted by Crippen LogP contribution is 2.30. The molecule has 21 heavy (non-hydrogen) atoms. The molecule has 1 rings (SSSR count). The van der Waals surface area contributed by atoms with Gasteiger partial charge in [-0.15, -0.1) is 11.3 Å². The minimum atomic E-state index is -4.22. The van der Waals surface area contributed by atoms with Crippen LogP contribution in [0.1, 0.15) is 38.3 Å². The fourth-order valence-electron chi connectivity index (χ4n) is 1.84. The number of rotatable bonds is 7. The molecule has 0 radical (unpaired) electrons. The lowest BCUT2D eigenvalue weighted by molar-refractivity contribution is -0.120. The second-order valence-corrected chi connectivity index (χ2v) is 6.93. The van der Waals surface area contributed by atoms with Crippen LogP contribution in [0.25, 0.3) is 0 Å². The Labute approximate surface area is 128 Å². The van der Waals surface area contributed by atoms with Crippen molar-refractivity contribution in [1.29, 1.82) is 0 Å². The minimum absolute atomic E-state index is 0.242. The van der Waals surface area contributed by atoms with Gasteiger partial charge in [0, 0.05) is 17.5 Å². The SMILES string of the molecule is Cc1nc(N(CC(F)(F)F)C(C)C)sc1CNCC(C)C. The predicted molar refractivity (Wildman–Crippen MR) is 81.9 cm³/mol. The van der Waals surface area contributed by atoms with Crippen LogP contribution < -0.4 is 10.2 Å². The van der Waals surface area contributed by atoms with Crippen molar-refractivity contribution in [2.45, 2.75) is 53.4 Å². The maximum Gasteiger partial charge on any atom is 0.406 e. The molecule has 0 unspecified atom stereocenters. The average molecular weight is 323 g/mol. The quantitative estimate of drug-likeness (QED) is 0.823. The lowest BCUT2D eigenvalue weighted by Gasteiger charge is -2.27. The molecule has 0 bridgehead atoms. The van der Waals surface area contributed by atoms with Gasteiger partial charge in [0.15, 0.2) is 5.13 Å². The Morgan fingerprint density at radius 2 is 1.86 bits per heavy atom. The van der Waals surface area contributed by atoms with Crippen molar-refractivity contribution >= 4 is 16.5 Å². The second kappa shape index (κ2) is 7.45. The van der Waals surface area contributed by atoms with Crippen molar-refractivity contribution in [3.8, 4) is 0 Å². The van der Waals surface area contributed by atoms with E-state index in [1.807, 2.05) is 6.92 Å². The van der Waals surface area contributed by atoms with Gasteiger partial charge in [-0.2, -0.15) is 13.2 Å². The molecule has 0 aliphatic carbocycles. The van der Waals surface area contributed by atoms with E-state index >= 15 is 0 Å². The normalized spacial score (nSPS) is 12.5. The van der Waals surface area contributed by atoms with E-state index in [0.29, 0.717) is 17.6 Å². The lowest BCUT2D eigenvalue weighted by Crippen LogP contribution is -2.39. The Morgan fingerprint density at radius 3 is 2.33 bits per heavy atom. The number of anilines is 1. The number of thiazole rings is 1. The first kappa shape index (κ1) is 18.2. The number of aromatic nitrogens is 1. The molecule has 0 atom stereocenters. The van der Waals surface area contributed by atoms with E-state index in [1.165, 1.54) is 16.2 Å². The summed E-state index contributed by atoms with van der Waals surface area (Å²) in [5.41, 5.74) is 0.805.